The molecule has 1 amide bonds. The van der Waals surface area contributed by atoms with E-state index in [-0.39, 0.29) is 23.3 Å². The maximum atomic E-state index is 13.1. The summed E-state index contributed by atoms with van der Waals surface area (Å²) >= 11 is 0. The van der Waals surface area contributed by atoms with Crippen molar-refractivity contribution in [2.24, 2.45) is 0 Å². The first kappa shape index (κ1) is 30.7. The van der Waals surface area contributed by atoms with Gasteiger partial charge in [0.25, 0.3) is 5.91 Å². The van der Waals surface area contributed by atoms with E-state index >= 15 is 0 Å². The number of hydrogen-bond acceptors (Lipinski definition) is 7. The van der Waals surface area contributed by atoms with Crippen LogP contribution >= 0.6 is 0 Å². The molecule has 4 rings (SSSR count). The third-order valence-corrected chi connectivity index (χ3v) is 8.99. The second kappa shape index (κ2) is 13.1. The fourth-order valence-electron chi connectivity index (χ4n) is 4.70. The van der Waals surface area contributed by atoms with Crippen LogP contribution < -0.4 is 5.32 Å². The molecule has 0 radical (unpaired) electrons. The van der Waals surface area contributed by atoms with Crippen molar-refractivity contribution in [3.05, 3.63) is 53.9 Å². The number of benzene rings is 2. The van der Waals surface area contributed by atoms with Gasteiger partial charge in [-0.25, -0.2) is 13.4 Å². The van der Waals surface area contributed by atoms with Crippen molar-refractivity contribution < 1.29 is 27.5 Å². The summed E-state index contributed by atoms with van der Waals surface area (Å²) in [7, 11) is -3.65. The lowest BCUT2D eigenvalue weighted by molar-refractivity contribution is -0.147. The Balaban J connectivity index is 1.38. The first-order valence-electron chi connectivity index (χ1n) is 14.1. The molecule has 1 aliphatic heterocycles. The Hall–Kier alpha value is -3.28. The predicted molar refractivity (Wildman–Crippen MR) is 157 cm³/mol. The normalized spacial score (nSPS) is 14.7. The first-order chi connectivity index (χ1) is 19.5. The van der Waals surface area contributed by atoms with E-state index in [4.69, 9.17) is 14.5 Å². The minimum absolute atomic E-state index is 0.0120. The molecule has 0 bridgehead atoms. The van der Waals surface area contributed by atoms with Gasteiger partial charge in [0.1, 0.15) is 5.82 Å². The third kappa shape index (κ3) is 7.72. The lowest BCUT2D eigenvalue weighted by Gasteiger charge is -2.26. The van der Waals surface area contributed by atoms with Crippen molar-refractivity contribution in [3.63, 3.8) is 0 Å². The van der Waals surface area contributed by atoms with Gasteiger partial charge in [-0.15, -0.1) is 0 Å². The lowest BCUT2D eigenvalue weighted by atomic mass is 9.87. The van der Waals surface area contributed by atoms with Crippen LogP contribution in [0.2, 0.25) is 0 Å². The van der Waals surface area contributed by atoms with Crippen LogP contribution in [0.1, 0.15) is 58.3 Å². The summed E-state index contributed by atoms with van der Waals surface area (Å²) in [4.78, 5) is 29.7. The van der Waals surface area contributed by atoms with Crippen molar-refractivity contribution in [2.75, 3.05) is 38.2 Å². The number of carbonyl (C=O) groups excluding carboxylic acids is 2. The monoisotopic (exact) mass is 584 g/mol. The molecule has 1 N–H and O–H groups in total. The number of unbranched alkanes of at least 4 members (excludes halogenated alkanes) is 1. The standard InChI is InChI=1S/C30H40N4O6S/c1-5-6-15-34-26-12-11-24(41(37,38)33-16-18-39-19-17-33)20-25(26)32-27(34)13-14-29(36)40-21-28(35)31-23-9-7-22(8-10-23)30(2,3)4/h7-12,20H,5-6,13-19,21H2,1-4H3,(H,31,35). The Kier molecular flexibility index (Phi) is 9.83. The van der Waals surface area contributed by atoms with Gasteiger partial charge in [0.2, 0.25) is 10.0 Å². The SMILES string of the molecule is CCCCn1c(CCC(=O)OCC(=O)Nc2ccc(C(C)(C)C)cc2)nc2cc(S(=O)(=O)N3CCOCC3)ccc21. The van der Waals surface area contributed by atoms with Gasteiger partial charge in [-0.1, -0.05) is 46.2 Å². The average Bonchev–Trinajstić information content (AvgIpc) is 3.30. The van der Waals surface area contributed by atoms with Crippen LogP contribution in [0.15, 0.2) is 47.4 Å². The predicted octanol–water partition coefficient (Wildman–Crippen LogP) is 4.27. The van der Waals surface area contributed by atoms with Crippen LogP contribution in [0.25, 0.3) is 11.0 Å². The van der Waals surface area contributed by atoms with Crippen LogP contribution in [0, 0.1) is 0 Å². The summed E-state index contributed by atoms with van der Waals surface area (Å²) in [6.45, 7) is 10.2. The zero-order chi connectivity index (χ0) is 29.6. The highest BCUT2D eigenvalue weighted by Crippen LogP contribution is 2.25. The number of amides is 1. The Morgan fingerprint density at radius 1 is 1.07 bits per heavy atom. The summed E-state index contributed by atoms with van der Waals surface area (Å²) in [5.74, 6) is -0.242. The van der Waals surface area contributed by atoms with E-state index in [1.54, 1.807) is 18.2 Å². The molecule has 0 atom stereocenters. The second-order valence-electron chi connectivity index (χ2n) is 11.2. The van der Waals surface area contributed by atoms with Crippen molar-refractivity contribution in [3.8, 4) is 0 Å². The number of anilines is 1. The molecule has 222 valence electrons. The number of hydrogen-bond donors (Lipinski definition) is 1. The Bertz CT molecular complexity index is 1470. The largest absolute Gasteiger partial charge is 0.456 e. The van der Waals surface area contributed by atoms with Gasteiger partial charge in [-0.2, -0.15) is 4.31 Å². The number of esters is 1. The summed E-state index contributed by atoms with van der Waals surface area (Å²) in [6.07, 6.45) is 2.23. The number of ether oxygens (including phenoxy) is 2. The number of rotatable bonds is 11. The van der Waals surface area contributed by atoms with Gasteiger partial charge < -0.3 is 19.4 Å². The van der Waals surface area contributed by atoms with Crippen LogP contribution in [0.5, 0.6) is 0 Å². The van der Waals surface area contributed by atoms with Crippen LogP contribution in [0.4, 0.5) is 5.69 Å². The van der Waals surface area contributed by atoms with Crippen molar-refractivity contribution in [2.45, 2.75) is 70.2 Å². The fourth-order valence-corrected chi connectivity index (χ4v) is 6.12. The number of nitrogens with zero attached hydrogens (tertiary/aromatic N) is 3. The molecule has 1 saturated heterocycles. The number of morpholine rings is 1. The Morgan fingerprint density at radius 2 is 1.78 bits per heavy atom. The van der Waals surface area contributed by atoms with Gasteiger partial charge >= 0.3 is 5.97 Å². The highest BCUT2D eigenvalue weighted by Gasteiger charge is 2.27. The second-order valence-corrected chi connectivity index (χ2v) is 13.2. The summed E-state index contributed by atoms with van der Waals surface area (Å²) in [5, 5.41) is 2.75. The van der Waals surface area contributed by atoms with Crippen LogP contribution in [0.3, 0.4) is 0 Å². The van der Waals surface area contributed by atoms with Crippen LogP contribution in [-0.4, -0.2) is 67.1 Å². The third-order valence-electron chi connectivity index (χ3n) is 7.09. The van der Waals surface area contributed by atoms with Crippen molar-refractivity contribution in [1.29, 1.82) is 0 Å². The fraction of sp³-hybridized carbons (Fsp3) is 0.500. The topological polar surface area (TPSA) is 120 Å². The molecular formula is C30H40N4O6S. The minimum atomic E-state index is -3.65. The average molecular weight is 585 g/mol. The smallest absolute Gasteiger partial charge is 0.306 e. The molecule has 2 heterocycles. The number of aromatic nitrogens is 2. The number of aryl methyl sites for hydroxylation is 2. The summed E-state index contributed by atoms with van der Waals surface area (Å²) in [6, 6.07) is 12.6. The van der Waals surface area contributed by atoms with E-state index in [1.807, 2.05) is 28.8 Å². The summed E-state index contributed by atoms with van der Waals surface area (Å²) in [5.41, 5.74) is 3.19. The molecule has 0 unspecified atom stereocenters. The highest BCUT2D eigenvalue weighted by molar-refractivity contribution is 7.89. The van der Waals surface area contributed by atoms with E-state index in [9.17, 15) is 18.0 Å². The molecular weight excluding hydrogens is 544 g/mol. The Labute approximate surface area is 242 Å². The quantitative estimate of drug-likeness (QED) is 0.334. The van der Waals surface area contributed by atoms with Crippen LogP contribution in [-0.2, 0) is 47.5 Å². The Morgan fingerprint density at radius 3 is 2.44 bits per heavy atom. The maximum Gasteiger partial charge on any atom is 0.306 e. The molecule has 1 fully saturated rings. The van der Waals surface area contributed by atoms with E-state index in [2.05, 4.69) is 33.0 Å². The van der Waals surface area contributed by atoms with Gasteiger partial charge in [0, 0.05) is 31.7 Å². The molecule has 11 heteroatoms. The van der Waals surface area contributed by atoms with E-state index < -0.39 is 21.9 Å². The number of carbonyl (C=O) groups is 2. The molecule has 2 aromatic carbocycles. The van der Waals surface area contributed by atoms with Gasteiger partial charge in [-0.3, -0.25) is 9.59 Å². The number of imidazole rings is 1. The molecule has 1 aromatic heterocycles. The minimum Gasteiger partial charge on any atom is -0.456 e. The summed E-state index contributed by atoms with van der Waals surface area (Å²) < 4.78 is 40.3. The molecule has 0 saturated carbocycles. The van der Waals surface area contributed by atoms with E-state index in [0.29, 0.717) is 56.3 Å². The molecule has 3 aromatic rings. The number of sulfonamides is 1. The van der Waals surface area contributed by atoms with E-state index in [1.165, 1.54) is 4.31 Å². The molecule has 41 heavy (non-hydrogen) atoms. The zero-order valence-corrected chi connectivity index (χ0v) is 25.1. The molecule has 1 aliphatic rings. The molecule has 0 aliphatic carbocycles. The maximum absolute atomic E-state index is 13.1. The van der Waals surface area contributed by atoms with Gasteiger partial charge in [-0.05, 0) is 47.7 Å². The molecule has 10 nitrogen and oxygen atoms in total. The number of fused-ring (bicyclic) bond motifs is 1. The number of nitrogens with one attached hydrogen (secondary N) is 1. The molecule has 0 spiro atoms. The van der Waals surface area contributed by atoms with E-state index in [0.717, 1.165) is 23.9 Å². The lowest BCUT2D eigenvalue weighted by Crippen LogP contribution is -2.40. The van der Waals surface area contributed by atoms with Crippen molar-refractivity contribution in [1.82, 2.24) is 13.9 Å². The van der Waals surface area contributed by atoms with Gasteiger partial charge in [0.05, 0.1) is 35.6 Å². The first-order valence-corrected chi connectivity index (χ1v) is 15.6. The van der Waals surface area contributed by atoms with Gasteiger partial charge in [0.15, 0.2) is 6.61 Å². The van der Waals surface area contributed by atoms with Crippen molar-refractivity contribution >= 4 is 38.6 Å². The zero-order valence-electron chi connectivity index (χ0n) is 24.3. The highest BCUT2D eigenvalue weighted by atomic mass is 32.2.